The lowest BCUT2D eigenvalue weighted by Gasteiger charge is -2.56. The third-order valence-corrected chi connectivity index (χ3v) is 9.08. The Bertz CT molecular complexity index is 524. The maximum absolute atomic E-state index is 2.72. The molecular weight excluding hydrogens is 304 g/mol. The molecule has 2 heteroatoms. The number of hydrogen-bond donors (Lipinski definition) is 0. The zero-order valence-electron chi connectivity index (χ0n) is 17.3. The van der Waals surface area contributed by atoms with E-state index in [4.69, 9.17) is 0 Å². The molecule has 0 radical (unpaired) electrons. The lowest BCUT2D eigenvalue weighted by atomic mass is 9.49. The van der Waals surface area contributed by atoms with Crippen molar-refractivity contribution in [2.75, 3.05) is 27.7 Å². The predicted molar refractivity (Wildman–Crippen MR) is 107 cm³/mol. The van der Waals surface area contributed by atoms with E-state index in [-0.39, 0.29) is 0 Å². The second-order valence-corrected chi connectivity index (χ2v) is 10.4. The van der Waals surface area contributed by atoms with Crippen molar-refractivity contribution in [3.63, 3.8) is 0 Å². The van der Waals surface area contributed by atoms with E-state index in [1.54, 1.807) is 0 Å². The van der Waals surface area contributed by atoms with Crippen molar-refractivity contribution in [2.45, 2.75) is 77.3 Å². The summed E-state index contributed by atoms with van der Waals surface area (Å²) in [6.45, 7) is 6.44. The van der Waals surface area contributed by atoms with Gasteiger partial charge in [-0.3, -0.25) is 0 Å². The zero-order valence-corrected chi connectivity index (χ0v) is 17.3. The normalized spacial score (nSPS) is 48.2. The highest BCUT2D eigenvalue weighted by atomic mass is 15.1. The van der Waals surface area contributed by atoms with Gasteiger partial charge in [0, 0.05) is 18.6 Å². The van der Waals surface area contributed by atoms with Crippen LogP contribution in [0.3, 0.4) is 0 Å². The molecule has 0 aromatic rings. The Morgan fingerprint density at radius 3 is 2.64 bits per heavy atom. The van der Waals surface area contributed by atoms with Crippen molar-refractivity contribution >= 4 is 0 Å². The van der Waals surface area contributed by atoms with Gasteiger partial charge in [-0.15, -0.1) is 0 Å². The molecule has 1 saturated heterocycles. The SMILES string of the molecule is C[C@H]1CCC2[C@@H](CCC3[C@H]2CC=C2C[C@@H](N(C)C)CC[C@@]23C)CN1C. The first-order valence-electron chi connectivity index (χ1n) is 11.0. The Morgan fingerprint density at radius 1 is 1.08 bits per heavy atom. The highest BCUT2D eigenvalue weighted by Gasteiger charge is 2.52. The maximum atomic E-state index is 2.72. The van der Waals surface area contributed by atoms with Gasteiger partial charge in [-0.1, -0.05) is 18.6 Å². The van der Waals surface area contributed by atoms with Crippen LogP contribution in [0.1, 0.15) is 65.2 Å². The lowest BCUT2D eigenvalue weighted by molar-refractivity contribution is -0.00883. The van der Waals surface area contributed by atoms with Crippen LogP contribution in [0.2, 0.25) is 0 Å². The molecule has 0 spiro atoms. The van der Waals surface area contributed by atoms with Gasteiger partial charge in [-0.2, -0.15) is 0 Å². The molecule has 2 nitrogen and oxygen atoms in total. The minimum atomic E-state index is 0.518. The molecule has 1 aliphatic heterocycles. The molecule has 1 heterocycles. The molecule has 2 saturated carbocycles. The van der Waals surface area contributed by atoms with Crippen LogP contribution in [0.5, 0.6) is 0 Å². The van der Waals surface area contributed by atoms with Gasteiger partial charge in [0.05, 0.1) is 0 Å². The van der Waals surface area contributed by atoms with Crippen LogP contribution in [-0.2, 0) is 0 Å². The number of rotatable bonds is 1. The van der Waals surface area contributed by atoms with Crippen LogP contribution in [0.4, 0.5) is 0 Å². The molecule has 0 N–H and O–H groups in total. The number of nitrogens with zero attached hydrogens (tertiary/aromatic N) is 2. The molecule has 0 aromatic heterocycles. The maximum Gasteiger partial charge on any atom is 0.0127 e. The van der Waals surface area contributed by atoms with Gasteiger partial charge in [-0.25, -0.2) is 0 Å². The molecule has 3 aliphatic carbocycles. The molecular formula is C23H40N2. The van der Waals surface area contributed by atoms with Gasteiger partial charge in [0.2, 0.25) is 0 Å². The van der Waals surface area contributed by atoms with E-state index in [0.29, 0.717) is 5.41 Å². The first kappa shape index (κ1) is 18.0. The number of hydrogen-bond acceptors (Lipinski definition) is 2. The van der Waals surface area contributed by atoms with E-state index >= 15 is 0 Å². The third kappa shape index (κ3) is 3.02. The minimum Gasteiger partial charge on any atom is -0.306 e. The Kier molecular flexibility index (Phi) is 4.82. The average Bonchev–Trinajstić information content (AvgIpc) is 2.73. The number of allylic oxidation sites excluding steroid dienone is 1. The highest BCUT2D eigenvalue weighted by Crippen LogP contribution is 2.60. The summed E-state index contributed by atoms with van der Waals surface area (Å²) in [4.78, 5) is 5.12. The van der Waals surface area contributed by atoms with Crippen LogP contribution >= 0.6 is 0 Å². The Morgan fingerprint density at radius 2 is 1.88 bits per heavy atom. The van der Waals surface area contributed by atoms with Gasteiger partial charge in [0.15, 0.2) is 0 Å². The van der Waals surface area contributed by atoms with Crippen molar-refractivity contribution in [1.29, 1.82) is 0 Å². The van der Waals surface area contributed by atoms with Crippen LogP contribution < -0.4 is 0 Å². The standard InChI is InChI=1S/C23H40N2/c1-16-6-9-20-17(15-25(16)5)7-11-22-21(20)10-8-18-14-19(24(3)4)12-13-23(18,22)2/h8,16-17,19-22H,6-7,9-15H2,1-5H3/t16-,17-,19-,20?,21-,22?,23-/m0/s1. The molecule has 4 rings (SSSR count). The molecule has 7 atom stereocenters. The van der Waals surface area contributed by atoms with Crippen LogP contribution in [0.25, 0.3) is 0 Å². The summed E-state index contributed by atoms with van der Waals surface area (Å²) in [7, 11) is 6.91. The Labute approximate surface area is 156 Å². The van der Waals surface area contributed by atoms with Crippen molar-refractivity contribution in [2.24, 2.45) is 29.1 Å². The van der Waals surface area contributed by atoms with Gasteiger partial charge in [-0.05, 0) is 109 Å². The smallest absolute Gasteiger partial charge is 0.0127 e. The third-order valence-electron chi connectivity index (χ3n) is 9.08. The fourth-order valence-electron chi connectivity index (χ4n) is 7.16. The zero-order chi connectivity index (χ0) is 17.8. The minimum absolute atomic E-state index is 0.518. The van der Waals surface area contributed by atoms with Crippen LogP contribution in [0.15, 0.2) is 11.6 Å². The highest BCUT2D eigenvalue weighted by molar-refractivity contribution is 5.25. The largest absolute Gasteiger partial charge is 0.306 e. The fraction of sp³-hybridized carbons (Fsp3) is 0.913. The van der Waals surface area contributed by atoms with E-state index in [1.807, 2.05) is 5.57 Å². The quantitative estimate of drug-likeness (QED) is 0.630. The summed E-state index contributed by atoms with van der Waals surface area (Å²) >= 11 is 0. The van der Waals surface area contributed by atoms with Crippen molar-refractivity contribution in [3.05, 3.63) is 11.6 Å². The monoisotopic (exact) mass is 344 g/mol. The van der Waals surface area contributed by atoms with E-state index < -0.39 is 0 Å². The summed E-state index contributed by atoms with van der Waals surface area (Å²) in [5.41, 5.74) is 2.35. The van der Waals surface area contributed by atoms with E-state index in [2.05, 4.69) is 50.9 Å². The molecule has 3 fully saturated rings. The number of likely N-dealkylation sites (tertiary alicyclic amines) is 1. The summed E-state index contributed by atoms with van der Waals surface area (Å²) in [6, 6.07) is 1.56. The molecule has 0 amide bonds. The van der Waals surface area contributed by atoms with E-state index in [9.17, 15) is 0 Å². The summed E-state index contributed by atoms with van der Waals surface area (Å²) in [5, 5.41) is 0. The lowest BCUT2D eigenvalue weighted by Crippen LogP contribution is -2.50. The summed E-state index contributed by atoms with van der Waals surface area (Å²) in [6.07, 6.45) is 14.1. The van der Waals surface area contributed by atoms with Crippen LogP contribution in [0, 0.1) is 29.1 Å². The molecule has 0 aromatic carbocycles. The second-order valence-electron chi connectivity index (χ2n) is 10.4. The van der Waals surface area contributed by atoms with Crippen molar-refractivity contribution in [3.8, 4) is 0 Å². The number of fused-ring (bicyclic) bond motifs is 5. The predicted octanol–water partition coefficient (Wildman–Crippen LogP) is 4.81. The summed E-state index contributed by atoms with van der Waals surface area (Å²) < 4.78 is 0. The Balaban J connectivity index is 1.57. The molecule has 0 bridgehead atoms. The molecule has 4 aliphatic rings. The van der Waals surface area contributed by atoms with E-state index in [0.717, 1.165) is 35.8 Å². The first-order chi connectivity index (χ1) is 11.9. The van der Waals surface area contributed by atoms with Crippen molar-refractivity contribution in [1.82, 2.24) is 9.80 Å². The Hall–Kier alpha value is -0.340. The van der Waals surface area contributed by atoms with Gasteiger partial charge < -0.3 is 9.80 Å². The van der Waals surface area contributed by atoms with Crippen molar-refractivity contribution < 1.29 is 0 Å². The topological polar surface area (TPSA) is 6.48 Å². The van der Waals surface area contributed by atoms with E-state index in [1.165, 1.54) is 57.9 Å². The molecule has 142 valence electrons. The summed E-state index contributed by atoms with van der Waals surface area (Å²) in [5.74, 6) is 3.90. The average molecular weight is 345 g/mol. The van der Waals surface area contributed by atoms with Crippen LogP contribution in [-0.4, -0.2) is 49.6 Å². The first-order valence-corrected chi connectivity index (χ1v) is 11.0. The fourth-order valence-corrected chi connectivity index (χ4v) is 7.16. The molecule has 2 unspecified atom stereocenters. The second kappa shape index (κ2) is 6.68. The van der Waals surface area contributed by atoms with Gasteiger partial charge in [0.25, 0.3) is 0 Å². The molecule has 25 heavy (non-hydrogen) atoms. The van der Waals surface area contributed by atoms with Gasteiger partial charge in [0.1, 0.15) is 0 Å². The van der Waals surface area contributed by atoms with Gasteiger partial charge >= 0.3 is 0 Å².